The minimum Gasteiger partial charge on any atom is -0.271 e. The van der Waals surface area contributed by atoms with Gasteiger partial charge in [-0.2, -0.15) is 0 Å². The number of hydrogen-bond acceptors (Lipinski definition) is 3. The highest BCUT2D eigenvalue weighted by Gasteiger charge is 2.27. The van der Waals surface area contributed by atoms with Gasteiger partial charge >= 0.3 is 0 Å². The summed E-state index contributed by atoms with van der Waals surface area (Å²) < 4.78 is 0. The summed E-state index contributed by atoms with van der Waals surface area (Å²) >= 11 is 1.80. The number of hydrogen-bond donors (Lipinski definition) is 2. The second-order valence-electron chi connectivity index (χ2n) is 3.83. The highest BCUT2D eigenvalue weighted by molar-refractivity contribution is 7.10. The summed E-state index contributed by atoms with van der Waals surface area (Å²) in [6.45, 7) is 2.14. The standard InChI is InChI=1S/C10H16N2S/c1-7-5-9(6-13-7)10(12-11)8-3-2-4-8/h5-6,8,10,12H,2-4,11H2,1H3. The molecule has 0 spiro atoms. The predicted octanol–water partition coefficient (Wildman–Crippen LogP) is 2.36. The summed E-state index contributed by atoms with van der Waals surface area (Å²) in [5, 5.41) is 2.22. The molecule has 1 atom stereocenters. The number of aryl methyl sites for hydroxylation is 1. The lowest BCUT2D eigenvalue weighted by molar-refractivity contribution is 0.232. The molecular formula is C10H16N2S. The molecule has 1 fully saturated rings. The zero-order chi connectivity index (χ0) is 9.26. The monoisotopic (exact) mass is 196 g/mol. The van der Waals surface area contributed by atoms with Crippen molar-refractivity contribution in [3.8, 4) is 0 Å². The van der Waals surface area contributed by atoms with E-state index in [1.54, 1.807) is 11.3 Å². The fraction of sp³-hybridized carbons (Fsp3) is 0.600. The second kappa shape index (κ2) is 3.78. The van der Waals surface area contributed by atoms with Crippen molar-refractivity contribution in [3.63, 3.8) is 0 Å². The van der Waals surface area contributed by atoms with Crippen LogP contribution in [0.1, 0.15) is 35.7 Å². The van der Waals surface area contributed by atoms with Gasteiger partial charge in [-0.1, -0.05) is 6.42 Å². The van der Waals surface area contributed by atoms with Crippen LogP contribution in [-0.2, 0) is 0 Å². The fourth-order valence-corrected chi connectivity index (χ4v) is 2.65. The van der Waals surface area contributed by atoms with Crippen molar-refractivity contribution < 1.29 is 0 Å². The Bertz CT molecular complexity index is 278. The molecule has 0 aromatic carbocycles. The molecule has 13 heavy (non-hydrogen) atoms. The lowest BCUT2D eigenvalue weighted by atomic mass is 9.78. The molecule has 1 aromatic heterocycles. The molecule has 3 N–H and O–H groups in total. The normalized spacial score (nSPS) is 19.8. The maximum atomic E-state index is 5.58. The number of nitrogens with two attached hydrogens (primary N) is 1. The summed E-state index contributed by atoms with van der Waals surface area (Å²) in [5.41, 5.74) is 4.31. The highest BCUT2D eigenvalue weighted by atomic mass is 32.1. The van der Waals surface area contributed by atoms with Gasteiger partial charge in [0.1, 0.15) is 0 Å². The molecular weight excluding hydrogens is 180 g/mol. The third kappa shape index (κ3) is 1.77. The van der Waals surface area contributed by atoms with Crippen molar-refractivity contribution in [1.29, 1.82) is 0 Å². The molecule has 0 aliphatic heterocycles. The first kappa shape index (κ1) is 9.19. The number of hydrazine groups is 1. The van der Waals surface area contributed by atoms with Gasteiger partial charge in [-0.25, -0.2) is 0 Å². The summed E-state index contributed by atoms with van der Waals surface area (Å²) in [5.74, 6) is 6.34. The molecule has 1 aliphatic rings. The van der Waals surface area contributed by atoms with Crippen molar-refractivity contribution in [2.45, 2.75) is 32.2 Å². The van der Waals surface area contributed by atoms with Gasteiger partial charge in [0.25, 0.3) is 0 Å². The van der Waals surface area contributed by atoms with Crippen LogP contribution in [0.3, 0.4) is 0 Å². The first-order valence-corrected chi connectivity index (χ1v) is 5.70. The summed E-state index contributed by atoms with van der Waals surface area (Å²) in [6.07, 6.45) is 4.01. The second-order valence-corrected chi connectivity index (χ2v) is 4.94. The molecule has 2 nitrogen and oxygen atoms in total. The number of rotatable bonds is 3. The topological polar surface area (TPSA) is 38.0 Å². The van der Waals surface area contributed by atoms with Gasteiger partial charge in [0, 0.05) is 10.9 Å². The summed E-state index contributed by atoms with van der Waals surface area (Å²) in [7, 11) is 0. The van der Waals surface area contributed by atoms with Crippen LogP contribution >= 0.6 is 11.3 Å². The van der Waals surface area contributed by atoms with Crippen LogP contribution in [-0.4, -0.2) is 0 Å². The lowest BCUT2D eigenvalue weighted by Crippen LogP contribution is -2.36. The maximum absolute atomic E-state index is 5.58. The van der Waals surface area contributed by atoms with E-state index < -0.39 is 0 Å². The molecule has 1 aliphatic carbocycles. The maximum Gasteiger partial charge on any atom is 0.0496 e. The molecule has 1 unspecified atom stereocenters. The van der Waals surface area contributed by atoms with Crippen LogP contribution in [0, 0.1) is 12.8 Å². The van der Waals surface area contributed by atoms with Crippen LogP contribution in [0.2, 0.25) is 0 Å². The van der Waals surface area contributed by atoms with Crippen molar-refractivity contribution in [1.82, 2.24) is 5.43 Å². The fourth-order valence-electron chi connectivity index (χ4n) is 1.90. The van der Waals surface area contributed by atoms with Crippen LogP contribution < -0.4 is 11.3 Å². The zero-order valence-corrected chi connectivity index (χ0v) is 8.73. The Labute approximate surface area is 83.1 Å². The molecule has 1 saturated carbocycles. The largest absolute Gasteiger partial charge is 0.271 e. The SMILES string of the molecule is Cc1cc(C(NN)C2CCC2)cs1. The molecule has 0 bridgehead atoms. The zero-order valence-electron chi connectivity index (χ0n) is 7.92. The van der Waals surface area contributed by atoms with Gasteiger partial charge in [0.05, 0.1) is 0 Å². The van der Waals surface area contributed by atoms with E-state index in [1.807, 2.05) is 0 Å². The van der Waals surface area contributed by atoms with E-state index in [2.05, 4.69) is 23.8 Å². The van der Waals surface area contributed by atoms with Crippen LogP contribution in [0.15, 0.2) is 11.4 Å². The Morgan fingerprint density at radius 1 is 1.62 bits per heavy atom. The molecule has 1 aromatic rings. The quantitative estimate of drug-likeness (QED) is 0.575. The van der Waals surface area contributed by atoms with Crippen molar-refractivity contribution in [2.24, 2.45) is 11.8 Å². The summed E-state index contributed by atoms with van der Waals surface area (Å²) in [6, 6.07) is 2.63. The van der Waals surface area contributed by atoms with Gasteiger partial charge in [-0.15, -0.1) is 11.3 Å². The van der Waals surface area contributed by atoms with Crippen LogP contribution in [0.25, 0.3) is 0 Å². The third-order valence-corrected chi connectivity index (χ3v) is 3.79. The Hall–Kier alpha value is -0.380. The first-order chi connectivity index (χ1) is 6.31. The third-order valence-electron chi connectivity index (χ3n) is 2.91. The lowest BCUT2D eigenvalue weighted by Gasteiger charge is -2.32. The molecule has 3 heteroatoms. The van der Waals surface area contributed by atoms with Gasteiger partial charge in [0.2, 0.25) is 0 Å². The Kier molecular flexibility index (Phi) is 2.67. The van der Waals surface area contributed by atoms with E-state index in [9.17, 15) is 0 Å². The Balaban J connectivity index is 2.11. The average Bonchev–Trinajstić information content (AvgIpc) is 2.43. The smallest absolute Gasteiger partial charge is 0.0496 e. The van der Waals surface area contributed by atoms with Crippen molar-refractivity contribution >= 4 is 11.3 Å². The minimum absolute atomic E-state index is 0.388. The van der Waals surface area contributed by atoms with E-state index in [0.717, 1.165) is 5.92 Å². The van der Waals surface area contributed by atoms with Crippen LogP contribution in [0.4, 0.5) is 0 Å². The van der Waals surface area contributed by atoms with Gasteiger partial charge in [0.15, 0.2) is 0 Å². The number of thiophene rings is 1. The van der Waals surface area contributed by atoms with Gasteiger partial charge in [-0.3, -0.25) is 11.3 Å². The molecule has 0 amide bonds. The van der Waals surface area contributed by atoms with Gasteiger partial charge in [-0.05, 0) is 42.7 Å². The van der Waals surface area contributed by atoms with E-state index in [-0.39, 0.29) is 0 Å². The van der Waals surface area contributed by atoms with Crippen molar-refractivity contribution in [2.75, 3.05) is 0 Å². The molecule has 0 saturated heterocycles. The first-order valence-electron chi connectivity index (χ1n) is 4.82. The highest BCUT2D eigenvalue weighted by Crippen LogP contribution is 2.38. The molecule has 0 radical (unpaired) electrons. The Morgan fingerprint density at radius 3 is 2.77 bits per heavy atom. The molecule has 2 rings (SSSR count). The molecule has 72 valence electrons. The minimum atomic E-state index is 0.388. The predicted molar refractivity (Wildman–Crippen MR) is 56.5 cm³/mol. The number of nitrogens with one attached hydrogen (secondary N) is 1. The van der Waals surface area contributed by atoms with E-state index in [1.165, 1.54) is 29.7 Å². The van der Waals surface area contributed by atoms with E-state index in [0.29, 0.717) is 6.04 Å². The van der Waals surface area contributed by atoms with E-state index in [4.69, 9.17) is 5.84 Å². The summed E-state index contributed by atoms with van der Waals surface area (Å²) in [4.78, 5) is 1.37. The molecule has 1 heterocycles. The average molecular weight is 196 g/mol. The van der Waals surface area contributed by atoms with Gasteiger partial charge < -0.3 is 0 Å². The Morgan fingerprint density at radius 2 is 2.38 bits per heavy atom. The van der Waals surface area contributed by atoms with Crippen molar-refractivity contribution in [3.05, 3.63) is 21.9 Å². The van der Waals surface area contributed by atoms with Crippen LogP contribution in [0.5, 0.6) is 0 Å². The van der Waals surface area contributed by atoms with E-state index >= 15 is 0 Å².